The Morgan fingerprint density at radius 3 is 2.85 bits per heavy atom. The summed E-state index contributed by atoms with van der Waals surface area (Å²) < 4.78 is 7.62. The van der Waals surface area contributed by atoms with E-state index in [1.165, 1.54) is 0 Å². The van der Waals surface area contributed by atoms with Crippen LogP contribution in [0.25, 0.3) is 0 Å². The van der Waals surface area contributed by atoms with E-state index < -0.39 is 0 Å². The van der Waals surface area contributed by atoms with Crippen LogP contribution < -0.4 is 4.74 Å². The van der Waals surface area contributed by atoms with Crippen LogP contribution in [0.5, 0.6) is 5.88 Å². The fourth-order valence-corrected chi connectivity index (χ4v) is 2.31. The molecule has 0 spiro atoms. The van der Waals surface area contributed by atoms with Crippen LogP contribution in [0.4, 0.5) is 0 Å². The molecule has 20 heavy (non-hydrogen) atoms. The van der Waals surface area contributed by atoms with Gasteiger partial charge < -0.3 is 9.64 Å². The predicted octanol–water partition coefficient (Wildman–Crippen LogP) is 1.82. The highest BCUT2D eigenvalue weighted by atomic mass is 16.5. The number of benzene rings is 1. The number of carbonyl (C=O) groups is 1. The van der Waals surface area contributed by atoms with Crippen molar-refractivity contribution in [1.82, 2.24) is 14.7 Å². The average molecular weight is 271 g/mol. The second-order valence-electron chi connectivity index (χ2n) is 4.91. The molecule has 5 nitrogen and oxygen atoms in total. The molecule has 2 aromatic rings. The summed E-state index contributed by atoms with van der Waals surface area (Å²) in [5.74, 6) is 0.721. The predicted molar refractivity (Wildman–Crippen MR) is 74.1 cm³/mol. The molecule has 0 unspecified atom stereocenters. The monoisotopic (exact) mass is 271 g/mol. The Bertz CT molecular complexity index is 607. The van der Waals surface area contributed by atoms with E-state index in [4.69, 9.17) is 4.74 Å². The molecule has 0 saturated carbocycles. The van der Waals surface area contributed by atoms with Crippen LogP contribution >= 0.6 is 0 Å². The second-order valence-corrected chi connectivity index (χ2v) is 4.91. The molecule has 0 bridgehead atoms. The third-order valence-corrected chi connectivity index (χ3v) is 3.45. The highest BCUT2D eigenvalue weighted by molar-refractivity contribution is 5.73. The SMILES string of the molecule is CC(=O)N1CCn2nc(OCc3ccccc3)cc2C1. The normalized spacial score (nSPS) is 13.9. The molecule has 1 aliphatic rings. The number of hydrogen-bond acceptors (Lipinski definition) is 3. The summed E-state index contributed by atoms with van der Waals surface area (Å²) in [5, 5.41) is 4.42. The number of nitrogens with zero attached hydrogens (tertiary/aromatic N) is 3. The van der Waals surface area contributed by atoms with E-state index in [0.717, 1.165) is 17.8 Å². The molecule has 0 radical (unpaired) electrons. The fourth-order valence-electron chi connectivity index (χ4n) is 2.31. The number of fused-ring (bicyclic) bond motifs is 1. The highest BCUT2D eigenvalue weighted by Crippen LogP contribution is 2.19. The van der Waals surface area contributed by atoms with E-state index in [-0.39, 0.29) is 5.91 Å². The summed E-state index contributed by atoms with van der Waals surface area (Å²) in [5.41, 5.74) is 2.14. The zero-order chi connectivity index (χ0) is 13.9. The standard InChI is InChI=1S/C15H17N3O2/c1-12(19)17-7-8-18-14(10-17)9-15(16-18)20-11-13-5-3-2-4-6-13/h2-6,9H,7-8,10-11H2,1H3. The number of carbonyl (C=O) groups excluding carboxylic acids is 1. The van der Waals surface area contributed by atoms with Crippen molar-refractivity contribution in [2.75, 3.05) is 6.54 Å². The number of rotatable bonds is 3. The van der Waals surface area contributed by atoms with Gasteiger partial charge in [0, 0.05) is 19.5 Å². The van der Waals surface area contributed by atoms with Crippen LogP contribution in [0.3, 0.4) is 0 Å². The molecule has 1 aromatic carbocycles. The number of ether oxygens (including phenoxy) is 1. The molecule has 3 rings (SSSR count). The molecule has 0 N–H and O–H groups in total. The van der Waals surface area contributed by atoms with Crippen molar-refractivity contribution in [3.8, 4) is 5.88 Å². The number of hydrogen-bond donors (Lipinski definition) is 0. The average Bonchev–Trinajstić information content (AvgIpc) is 2.88. The molecule has 0 atom stereocenters. The summed E-state index contributed by atoms with van der Waals surface area (Å²) in [4.78, 5) is 13.2. The van der Waals surface area contributed by atoms with Gasteiger partial charge in [-0.1, -0.05) is 30.3 Å². The minimum absolute atomic E-state index is 0.101. The van der Waals surface area contributed by atoms with Gasteiger partial charge in [-0.3, -0.25) is 9.48 Å². The Labute approximate surface area is 117 Å². The van der Waals surface area contributed by atoms with Crippen molar-refractivity contribution in [3.63, 3.8) is 0 Å². The summed E-state index contributed by atoms with van der Waals surface area (Å²) in [6.07, 6.45) is 0. The van der Waals surface area contributed by atoms with Crippen LogP contribution in [0, 0.1) is 0 Å². The molecule has 2 heterocycles. The van der Waals surface area contributed by atoms with Gasteiger partial charge in [0.1, 0.15) is 6.61 Å². The van der Waals surface area contributed by atoms with E-state index in [1.54, 1.807) is 6.92 Å². The Morgan fingerprint density at radius 1 is 1.30 bits per heavy atom. The van der Waals surface area contributed by atoms with Gasteiger partial charge in [-0.2, -0.15) is 0 Å². The zero-order valence-electron chi connectivity index (χ0n) is 11.5. The van der Waals surface area contributed by atoms with Crippen LogP contribution in [-0.4, -0.2) is 27.1 Å². The quantitative estimate of drug-likeness (QED) is 0.855. The topological polar surface area (TPSA) is 47.4 Å². The van der Waals surface area contributed by atoms with E-state index in [9.17, 15) is 4.79 Å². The number of amides is 1. The molecule has 1 aliphatic heterocycles. The lowest BCUT2D eigenvalue weighted by atomic mass is 10.2. The first-order valence-corrected chi connectivity index (χ1v) is 6.71. The van der Waals surface area contributed by atoms with Gasteiger partial charge in [-0.25, -0.2) is 0 Å². The minimum atomic E-state index is 0.101. The summed E-state index contributed by atoms with van der Waals surface area (Å²) >= 11 is 0. The fraction of sp³-hybridized carbons (Fsp3) is 0.333. The van der Waals surface area contributed by atoms with Crippen molar-refractivity contribution in [3.05, 3.63) is 47.7 Å². The minimum Gasteiger partial charge on any atom is -0.472 e. The largest absolute Gasteiger partial charge is 0.472 e. The third-order valence-electron chi connectivity index (χ3n) is 3.45. The molecule has 1 aromatic heterocycles. The van der Waals surface area contributed by atoms with E-state index in [0.29, 0.717) is 25.6 Å². The molecule has 0 fully saturated rings. The summed E-state index contributed by atoms with van der Waals surface area (Å²) in [7, 11) is 0. The lowest BCUT2D eigenvalue weighted by Crippen LogP contribution is -2.36. The van der Waals surface area contributed by atoms with Gasteiger partial charge >= 0.3 is 0 Å². The van der Waals surface area contributed by atoms with Crippen LogP contribution in [0.15, 0.2) is 36.4 Å². The van der Waals surface area contributed by atoms with Crippen LogP contribution in [-0.2, 0) is 24.5 Å². The Morgan fingerprint density at radius 2 is 2.10 bits per heavy atom. The van der Waals surface area contributed by atoms with Crippen molar-refractivity contribution >= 4 is 5.91 Å². The first-order chi connectivity index (χ1) is 9.72. The van der Waals surface area contributed by atoms with Crippen LogP contribution in [0.1, 0.15) is 18.2 Å². The molecule has 5 heteroatoms. The lowest BCUT2D eigenvalue weighted by molar-refractivity contribution is -0.130. The molecular formula is C15H17N3O2. The summed E-state index contributed by atoms with van der Waals surface area (Å²) in [6.45, 7) is 4.15. The first kappa shape index (κ1) is 12.7. The molecule has 104 valence electrons. The first-order valence-electron chi connectivity index (χ1n) is 6.71. The molecular weight excluding hydrogens is 254 g/mol. The Kier molecular flexibility index (Phi) is 3.41. The molecule has 1 amide bonds. The van der Waals surface area contributed by atoms with E-state index in [2.05, 4.69) is 5.10 Å². The van der Waals surface area contributed by atoms with Gasteiger partial charge in [0.25, 0.3) is 0 Å². The number of aromatic nitrogens is 2. The van der Waals surface area contributed by atoms with Gasteiger partial charge in [0.15, 0.2) is 0 Å². The van der Waals surface area contributed by atoms with Crippen molar-refractivity contribution < 1.29 is 9.53 Å². The Balaban J connectivity index is 1.67. The maximum atomic E-state index is 11.4. The van der Waals surface area contributed by atoms with Crippen molar-refractivity contribution in [1.29, 1.82) is 0 Å². The second kappa shape index (κ2) is 5.36. The zero-order valence-corrected chi connectivity index (χ0v) is 11.5. The van der Waals surface area contributed by atoms with Crippen molar-refractivity contribution in [2.45, 2.75) is 26.6 Å². The maximum absolute atomic E-state index is 11.4. The van der Waals surface area contributed by atoms with E-state index in [1.807, 2.05) is 46.0 Å². The van der Waals surface area contributed by atoms with Gasteiger partial charge in [-0.15, -0.1) is 5.10 Å². The Hall–Kier alpha value is -2.30. The van der Waals surface area contributed by atoms with Gasteiger partial charge in [-0.05, 0) is 5.56 Å². The molecule has 0 aliphatic carbocycles. The smallest absolute Gasteiger partial charge is 0.233 e. The third kappa shape index (κ3) is 2.66. The van der Waals surface area contributed by atoms with Gasteiger partial charge in [0.2, 0.25) is 11.8 Å². The van der Waals surface area contributed by atoms with Crippen molar-refractivity contribution in [2.24, 2.45) is 0 Å². The highest BCUT2D eigenvalue weighted by Gasteiger charge is 2.20. The van der Waals surface area contributed by atoms with Crippen LogP contribution in [0.2, 0.25) is 0 Å². The lowest BCUT2D eigenvalue weighted by Gasteiger charge is -2.26. The van der Waals surface area contributed by atoms with E-state index >= 15 is 0 Å². The van der Waals surface area contributed by atoms with Gasteiger partial charge in [0.05, 0.1) is 18.8 Å². The molecule has 0 saturated heterocycles. The summed E-state index contributed by atoms with van der Waals surface area (Å²) in [6, 6.07) is 11.9. The maximum Gasteiger partial charge on any atom is 0.233 e.